The summed E-state index contributed by atoms with van der Waals surface area (Å²) in [7, 11) is 1.57. The Labute approximate surface area is 218 Å². The van der Waals surface area contributed by atoms with Gasteiger partial charge in [-0.2, -0.15) is 0 Å². The Bertz CT molecular complexity index is 1060. The van der Waals surface area contributed by atoms with Crippen LogP contribution in [0.1, 0.15) is 40.5 Å². The predicted octanol–water partition coefficient (Wildman–Crippen LogP) is 2.56. The quantitative estimate of drug-likeness (QED) is 0.378. The van der Waals surface area contributed by atoms with Crippen molar-refractivity contribution < 1.29 is 33.7 Å². The van der Waals surface area contributed by atoms with Crippen LogP contribution in [0, 0.1) is 17.8 Å². The molecule has 3 unspecified atom stereocenters. The number of aliphatic hydroxyl groups excluding tert-OH is 1. The number of benzene rings is 1. The summed E-state index contributed by atoms with van der Waals surface area (Å²) in [4.78, 5) is 44.9. The summed E-state index contributed by atoms with van der Waals surface area (Å²) in [6.07, 6.45) is 2.50. The highest BCUT2D eigenvalue weighted by Gasteiger charge is 2.80. The number of ether oxygens (including phenoxy) is 3. The van der Waals surface area contributed by atoms with Crippen molar-refractivity contribution >= 4 is 23.5 Å². The van der Waals surface area contributed by atoms with Crippen LogP contribution in [0.25, 0.3) is 0 Å². The Balaban J connectivity index is 1.85. The average Bonchev–Trinajstić information content (AvgIpc) is 3.40. The molecule has 2 bridgehead atoms. The molecule has 3 saturated heterocycles. The Morgan fingerprint density at radius 2 is 2.00 bits per heavy atom. The van der Waals surface area contributed by atoms with Crippen molar-refractivity contribution in [3.05, 3.63) is 36.9 Å². The van der Waals surface area contributed by atoms with Gasteiger partial charge in [-0.05, 0) is 56.9 Å². The zero-order chi connectivity index (χ0) is 27.1. The molecule has 9 heteroatoms. The van der Waals surface area contributed by atoms with Crippen LogP contribution in [0.15, 0.2) is 36.9 Å². The highest BCUT2D eigenvalue weighted by molar-refractivity contribution is 6.05. The minimum absolute atomic E-state index is 0.0933. The van der Waals surface area contributed by atoms with Gasteiger partial charge in [0, 0.05) is 12.2 Å². The summed E-state index contributed by atoms with van der Waals surface area (Å²) >= 11 is 0. The van der Waals surface area contributed by atoms with E-state index in [0.717, 1.165) is 0 Å². The first-order valence-electron chi connectivity index (χ1n) is 13.0. The third kappa shape index (κ3) is 3.94. The number of nitrogens with zero attached hydrogens (tertiary/aromatic N) is 2. The van der Waals surface area contributed by atoms with Crippen molar-refractivity contribution in [2.75, 3.05) is 31.8 Å². The monoisotopic (exact) mass is 514 g/mol. The van der Waals surface area contributed by atoms with Crippen LogP contribution < -0.4 is 9.64 Å². The van der Waals surface area contributed by atoms with E-state index in [1.165, 1.54) is 4.90 Å². The fourth-order valence-electron chi connectivity index (χ4n) is 6.71. The summed E-state index contributed by atoms with van der Waals surface area (Å²) in [5.74, 6) is -2.33. The molecule has 0 radical (unpaired) electrons. The number of carbonyl (C=O) groups excluding carboxylic acids is 3. The molecule has 2 amide bonds. The van der Waals surface area contributed by atoms with Crippen molar-refractivity contribution in [2.45, 2.75) is 63.8 Å². The number of aliphatic hydroxyl groups is 1. The third-order valence-electron chi connectivity index (χ3n) is 8.56. The summed E-state index contributed by atoms with van der Waals surface area (Å²) in [6, 6.07) is 5.45. The largest absolute Gasteiger partial charge is 0.497 e. The van der Waals surface area contributed by atoms with Crippen molar-refractivity contribution in [3.63, 3.8) is 0 Å². The molecule has 3 aliphatic heterocycles. The van der Waals surface area contributed by atoms with E-state index in [-0.39, 0.29) is 37.5 Å². The maximum atomic E-state index is 14.5. The molecule has 1 aromatic carbocycles. The lowest BCUT2D eigenvalue weighted by Gasteiger charge is -2.39. The van der Waals surface area contributed by atoms with Crippen molar-refractivity contribution in [1.29, 1.82) is 0 Å². The van der Waals surface area contributed by atoms with E-state index in [9.17, 15) is 19.5 Å². The summed E-state index contributed by atoms with van der Waals surface area (Å²) < 4.78 is 17.4. The van der Waals surface area contributed by atoms with Crippen LogP contribution in [0.4, 0.5) is 5.69 Å². The normalized spacial score (nSPS) is 32.7. The molecule has 3 aliphatic rings. The zero-order valence-electron chi connectivity index (χ0n) is 22.3. The molecule has 1 spiro atoms. The number of amides is 2. The van der Waals surface area contributed by atoms with E-state index in [4.69, 9.17) is 14.2 Å². The van der Waals surface area contributed by atoms with Gasteiger partial charge in [-0.25, -0.2) is 0 Å². The maximum Gasteiger partial charge on any atom is 0.312 e. The molecule has 0 saturated carbocycles. The van der Waals surface area contributed by atoms with Gasteiger partial charge in [-0.1, -0.05) is 19.9 Å². The predicted molar refractivity (Wildman–Crippen MR) is 137 cm³/mol. The van der Waals surface area contributed by atoms with E-state index in [2.05, 4.69) is 6.58 Å². The van der Waals surface area contributed by atoms with Crippen molar-refractivity contribution in [1.82, 2.24) is 4.90 Å². The van der Waals surface area contributed by atoms with Crippen LogP contribution in [0.3, 0.4) is 0 Å². The first kappa shape index (κ1) is 27.1. The van der Waals surface area contributed by atoms with Gasteiger partial charge >= 0.3 is 5.97 Å². The Hall–Kier alpha value is -2.91. The molecule has 4 rings (SSSR count). The van der Waals surface area contributed by atoms with Gasteiger partial charge in [0.15, 0.2) is 0 Å². The first-order chi connectivity index (χ1) is 17.6. The Morgan fingerprint density at radius 3 is 2.54 bits per heavy atom. The highest BCUT2D eigenvalue weighted by Crippen LogP contribution is 2.65. The molecule has 0 aliphatic carbocycles. The SMILES string of the molecule is C=CCN(C(=O)C1N([C@@H](CC)CO)C(=O)[C@@H]2[C@H](C(=O)OCC)[C@@]3(C)OC12CC3C)c1ccc(OC)cc1. The van der Waals surface area contributed by atoms with Gasteiger partial charge in [0.25, 0.3) is 5.91 Å². The molecule has 1 aromatic rings. The molecule has 3 heterocycles. The van der Waals surface area contributed by atoms with E-state index in [1.54, 1.807) is 49.3 Å². The van der Waals surface area contributed by atoms with Gasteiger partial charge in [0.1, 0.15) is 23.3 Å². The van der Waals surface area contributed by atoms with Gasteiger partial charge in [0.2, 0.25) is 5.91 Å². The van der Waals surface area contributed by atoms with E-state index in [0.29, 0.717) is 24.3 Å². The smallest absolute Gasteiger partial charge is 0.312 e. The number of anilines is 1. The van der Waals surface area contributed by atoms with Crippen LogP contribution in [-0.4, -0.2) is 77.9 Å². The summed E-state index contributed by atoms with van der Waals surface area (Å²) in [6.45, 7) is 11.3. The first-order valence-corrected chi connectivity index (χ1v) is 13.0. The minimum Gasteiger partial charge on any atom is -0.497 e. The summed E-state index contributed by atoms with van der Waals surface area (Å²) in [5.41, 5.74) is -1.54. The molecule has 7 atom stereocenters. The second-order valence-electron chi connectivity index (χ2n) is 10.4. The fourth-order valence-corrected chi connectivity index (χ4v) is 6.71. The topological polar surface area (TPSA) is 106 Å². The van der Waals surface area contributed by atoms with E-state index < -0.39 is 41.1 Å². The van der Waals surface area contributed by atoms with Gasteiger partial charge < -0.3 is 29.1 Å². The van der Waals surface area contributed by atoms with Crippen LogP contribution >= 0.6 is 0 Å². The molecule has 202 valence electrons. The minimum atomic E-state index is -1.21. The lowest BCUT2D eigenvalue weighted by molar-refractivity contribution is -0.162. The molecule has 3 fully saturated rings. The highest BCUT2D eigenvalue weighted by atomic mass is 16.6. The van der Waals surface area contributed by atoms with Crippen LogP contribution in [0.2, 0.25) is 0 Å². The second kappa shape index (κ2) is 10.1. The number of rotatable bonds is 10. The van der Waals surface area contributed by atoms with Crippen molar-refractivity contribution in [2.24, 2.45) is 17.8 Å². The molecule has 37 heavy (non-hydrogen) atoms. The maximum absolute atomic E-state index is 14.5. The number of carbonyl (C=O) groups is 3. The van der Waals surface area contributed by atoms with E-state index in [1.807, 2.05) is 20.8 Å². The molecule has 9 nitrogen and oxygen atoms in total. The number of likely N-dealkylation sites (tertiary alicyclic amines) is 1. The van der Waals surface area contributed by atoms with Gasteiger partial charge in [-0.3, -0.25) is 14.4 Å². The second-order valence-corrected chi connectivity index (χ2v) is 10.4. The lowest BCUT2D eigenvalue weighted by atomic mass is 9.62. The van der Waals surface area contributed by atoms with Crippen LogP contribution in [0.5, 0.6) is 5.75 Å². The lowest BCUT2D eigenvalue weighted by Crippen LogP contribution is -2.59. The molecular weight excluding hydrogens is 476 g/mol. The third-order valence-corrected chi connectivity index (χ3v) is 8.56. The number of hydrogen-bond donors (Lipinski definition) is 1. The molecule has 0 aromatic heterocycles. The molecular formula is C28H38N2O7. The number of methoxy groups -OCH3 is 1. The fraction of sp³-hybridized carbons (Fsp3) is 0.607. The van der Waals surface area contributed by atoms with Gasteiger partial charge in [-0.15, -0.1) is 6.58 Å². The standard InChI is InChI=1S/C28H38N2O7/c1-7-14-29(19-10-12-20(35-6)13-11-19)25(33)23-28-15-17(4)27(5,37-28)22(26(34)36-9-3)21(28)24(32)30(23)18(8-2)16-31/h7,10-13,17-18,21-23,31H,1,8-9,14-16H2,2-6H3/t17?,18-,21-,22+,23?,27-,28?/m0/s1. The Morgan fingerprint density at radius 1 is 1.32 bits per heavy atom. The van der Waals surface area contributed by atoms with Gasteiger partial charge in [0.05, 0.1) is 37.9 Å². The molecule has 1 N–H and O–H groups in total. The van der Waals surface area contributed by atoms with Crippen LogP contribution in [-0.2, 0) is 23.9 Å². The van der Waals surface area contributed by atoms with E-state index >= 15 is 0 Å². The number of esters is 1. The average molecular weight is 515 g/mol. The summed E-state index contributed by atoms with van der Waals surface area (Å²) in [5, 5.41) is 10.2. The number of fused-ring (bicyclic) bond motifs is 1. The van der Waals surface area contributed by atoms with Crippen molar-refractivity contribution in [3.8, 4) is 5.75 Å². The Kier molecular flexibility index (Phi) is 7.41. The zero-order valence-corrected chi connectivity index (χ0v) is 22.3. The number of hydrogen-bond acceptors (Lipinski definition) is 7.